The minimum Gasteiger partial charge on any atom is -0.481 e. The molecule has 63 heavy (non-hydrogen) atoms. The summed E-state index contributed by atoms with van der Waals surface area (Å²) in [5, 5.41) is 45.7. The number of carbonyl (C=O) groups excluding carboxylic acids is 1. The molecule has 0 aromatic heterocycles. The minimum absolute atomic E-state index is 0.0626. The number of carbonyl (C=O) groups is 2. The Labute approximate surface area is 377 Å². The third-order valence-corrected chi connectivity index (χ3v) is 20.4. The van der Waals surface area contributed by atoms with Crippen LogP contribution in [0.2, 0.25) is 0 Å². The Bertz CT molecular complexity index is 2060. The summed E-state index contributed by atoms with van der Waals surface area (Å²) in [5.74, 6) is 8.61. The molecule has 8 aliphatic rings. The minimum atomic E-state index is -1.03. The topological polar surface area (TPSA) is 128 Å². The zero-order chi connectivity index (χ0) is 44.8. The summed E-state index contributed by atoms with van der Waals surface area (Å²) in [4.78, 5) is 26.3. The zero-order valence-corrected chi connectivity index (χ0v) is 39.4. The van der Waals surface area contributed by atoms with Gasteiger partial charge in [0.05, 0.1) is 24.9 Å². The number of nitrogens with zero attached hydrogens (tertiary/aromatic N) is 1. The van der Waals surface area contributed by atoms with E-state index in [1.807, 2.05) is 6.92 Å². The van der Waals surface area contributed by atoms with Crippen molar-refractivity contribution in [2.75, 3.05) is 25.1 Å². The number of fused-ring (bicyclic) bond motifs is 9. The van der Waals surface area contributed by atoms with Crippen LogP contribution in [0.1, 0.15) is 149 Å². The molecule has 4 N–H and O–H groups in total. The van der Waals surface area contributed by atoms with Crippen LogP contribution in [0.5, 0.6) is 0 Å². The zero-order valence-electron chi connectivity index (χ0n) is 39.4. The van der Waals surface area contributed by atoms with Crippen LogP contribution in [0.15, 0.2) is 47.1 Å². The van der Waals surface area contributed by atoms with Crippen LogP contribution >= 0.6 is 0 Å². The van der Waals surface area contributed by atoms with Gasteiger partial charge in [-0.1, -0.05) is 64.3 Å². The van der Waals surface area contributed by atoms with Gasteiger partial charge in [0.15, 0.2) is 0 Å². The van der Waals surface area contributed by atoms with E-state index < -0.39 is 17.7 Å². The van der Waals surface area contributed by atoms with Crippen molar-refractivity contribution in [1.82, 2.24) is 0 Å². The fraction of sp³-hybridized carbons (Fsp3) is 0.745. The molecule has 344 valence electrons. The van der Waals surface area contributed by atoms with E-state index in [0.29, 0.717) is 49.4 Å². The molecule has 8 heteroatoms. The Kier molecular flexibility index (Phi) is 12.0. The molecule has 1 aromatic rings. The fourth-order valence-corrected chi connectivity index (χ4v) is 17.0. The molecule has 17 atom stereocenters. The van der Waals surface area contributed by atoms with Gasteiger partial charge >= 0.3 is 5.97 Å². The van der Waals surface area contributed by atoms with E-state index in [1.165, 1.54) is 22.3 Å². The average Bonchev–Trinajstić information content (AvgIpc) is 3.71. The lowest BCUT2D eigenvalue weighted by molar-refractivity contribution is -0.209. The molecule has 0 radical (unpaired) electrons. The van der Waals surface area contributed by atoms with E-state index in [9.17, 15) is 30.0 Å². The number of aliphatic hydroxyl groups is 3. The Morgan fingerprint density at radius 3 is 2.49 bits per heavy atom. The second-order valence-electron chi connectivity index (χ2n) is 23.1. The summed E-state index contributed by atoms with van der Waals surface area (Å²) in [6, 6.07) is 9.12. The van der Waals surface area contributed by atoms with Crippen LogP contribution in [0.4, 0.5) is 5.69 Å². The third kappa shape index (κ3) is 7.23. The van der Waals surface area contributed by atoms with Crippen molar-refractivity contribution in [3.8, 4) is 11.8 Å². The smallest absolute Gasteiger partial charge is 0.303 e. The van der Waals surface area contributed by atoms with Crippen LogP contribution in [0.3, 0.4) is 0 Å². The normalized spacial score (nSPS) is 44.4. The monoisotopic (exact) mass is 864 g/mol. The standard InChI is InChI=1S/C55H77NO7/c1-8-22-55(62)33(3)26-45-41-16-12-35-27-38(57)15-17-40(35)50(41)42(31-53(45,55)5)34-10-13-37(14-11-34)56(7)24-25-63-39-21-23-52(4)36(28-39)29-47(58)51-44-19-18-43(32(2)9-20-49(60)61)54(44,6)48(59)30-46(51)52/h10-14,32-33,36,39,41-48,51,58-59,62H,9,15-21,23-31H2,1-7H3,(H,60,61)/t32-,33-,36+,39+,41?,42-,43-,44+,45?,46+,47-,48+,51+,52+,53+,54-,55+/m1/s1. The molecule has 0 aliphatic heterocycles. The molecule has 7 saturated carbocycles. The molecule has 1 aromatic carbocycles. The summed E-state index contributed by atoms with van der Waals surface area (Å²) in [6.45, 7) is 14.6. The first-order chi connectivity index (χ1) is 29.9. The Balaban J connectivity index is 0.846. The van der Waals surface area contributed by atoms with Gasteiger partial charge in [-0.05, 0) is 177 Å². The van der Waals surface area contributed by atoms with Gasteiger partial charge in [0.25, 0.3) is 0 Å². The Hall–Kier alpha value is -2.96. The SMILES string of the molecule is CC#C[C@]1(O)[C@H](C)CC2C3CC=C4CC(=O)CCC4=C3[C@@H](c3ccc(N(C)CCO[C@H]4CC[C@@]5(C)[C@@H](C4)C[C@@H](O)[C@@H]4[C@@H]5C[C@H](O)[C@]5(C)[C@@H]([C@H](C)CCC(=O)O)CC[C@@H]45)cc3)C[C@@]21C. The number of Topliss-reactive ketones (excluding diaryl/α,β-unsaturated/α-hetero) is 1. The number of aliphatic carboxylic acids is 1. The van der Waals surface area contributed by atoms with Crippen molar-refractivity contribution in [2.45, 2.75) is 168 Å². The lowest BCUT2D eigenvalue weighted by Gasteiger charge is -2.63. The molecular weight excluding hydrogens is 787 g/mol. The van der Waals surface area contributed by atoms with Crippen LogP contribution in [-0.4, -0.2) is 76.3 Å². The number of ketones is 1. The van der Waals surface area contributed by atoms with Gasteiger partial charge in [-0.25, -0.2) is 0 Å². The first kappa shape index (κ1) is 45.2. The van der Waals surface area contributed by atoms with Gasteiger partial charge in [0, 0.05) is 49.9 Å². The molecule has 0 saturated heterocycles. The number of allylic oxidation sites excluding steroid dienone is 4. The van der Waals surface area contributed by atoms with Crippen LogP contribution < -0.4 is 4.90 Å². The number of aliphatic hydroxyl groups excluding tert-OH is 2. The van der Waals surface area contributed by atoms with E-state index in [-0.39, 0.29) is 76.3 Å². The van der Waals surface area contributed by atoms with Crippen molar-refractivity contribution in [3.63, 3.8) is 0 Å². The summed E-state index contributed by atoms with van der Waals surface area (Å²) < 4.78 is 6.68. The van der Waals surface area contributed by atoms with E-state index >= 15 is 0 Å². The molecule has 8 nitrogen and oxygen atoms in total. The lowest BCUT2D eigenvalue weighted by atomic mass is 9.43. The number of ether oxygens (including phenoxy) is 1. The maximum absolute atomic E-state index is 12.6. The average molecular weight is 864 g/mol. The van der Waals surface area contributed by atoms with E-state index in [2.05, 4.69) is 88.7 Å². The highest BCUT2D eigenvalue weighted by atomic mass is 16.5. The van der Waals surface area contributed by atoms with Gasteiger partial charge in [0.2, 0.25) is 0 Å². The quantitative estimate of drug-likeness (QED) is 0.172. The molecule has 0 spiro atoms. The van der Waals surface area contributed by atoms with E-state index in [0.717, 1.165) is 82.9 Å². The predicted molar refractivity (Wildman–Crippen MR) is 247 cm³/mol. The first-order valence-electron chi connectivity index (χ1n) is 25.1. The molecule has 0 heterocycles. The molecule has 7 fully saturated rings. The number of hydrogen-bond donors (Lipinski definition) is 4. The number of anilines is 1. The van der Waals surface area contributed by atoms with Crippen LogP contribution in [-0.2, 0) is 14.3 Å². The van der Waals surface area contributed by atoms with Gasteiger partial charge in [-0.15, -0.1) is 5.92 Å². The van der Waals surface area contributed by atoms with Crippen molar-refractivity contribution in [3.05, 3.63) is 52.6 Å². The highest BCUT2D eigenvalue weighted by Crippen LogP contribution is 2.70. The van der Waals surface area contributed by atoms with Crippen molar-refractivity contribution < 1.29 is 34.8 Å². The van der Waals surface area contributed by atoms with E-state index in [1.54, 1.807) is 0 Å². The first-order valence-corrected chi connectivity index (χ1v) is 25.1. The van der Waals surface area contributed by atoms with Gasteiger partial charge in [-0.3, -0.25) is 9.59 Å². The Morgan fingerprint density at radius 2 is 1.76 bits per heavy atom. The van der Waals surface area contributed by atoms with Gasteiger partial charge in [-0.2, -0.15) is 0 Å². The second-order valence-corrected chi connectivity index (χ2v) is 23.1. The highest BCUT2D eigenvalue weighted by Gasteiger charge is 2.67. The van der Waals surface area contributed by atoms with Crippen molar-refractivity contribution in [1.29, 1.82) is 0 Å². The van der Waals surface area contributed by atoms with E-state index in [4.69, 9.17) is 4.74 Å². The number of likely N-dealkylation sites (N-methyl/N-ethyl adjacent to an activating group) is 1. The largest absolute Gasteiger partial charge is 0.481 e. The summed E-state index contributed by atoms with van der Waals surface area (Å²) in [5.41, 5.74) is 5.06. The fourth-order valence-electron chi connectivity index (χ4n) is 17.0. The van der Waals surface area contributed by atoms with Crippen molar-refractivity contribution in [2.24, 2.45) is 69.5 Å². The molecule has 0 amide bonds. The van der Waals surface area contributed by atoms with Crippen LogP contribution in [0.25, 0.3) is 0 Å². The predicted octanol–water partition coefficient (Wildman–Crippen LogP) is 9.51. The molecule has 0 bridgehead atoms. The van der Waals surface area contributed by atoms with Crippen LogP contribution in [0, 0.1) is 81.3 Å². The molecule has 9 rings (SSSR count). The number of carboxylic acids is 1. The Morgan fingerprint density at radius 1 is 1.00 bits per heavy atom. The second kappa shape index (κ2) is 16.7. The van der Waals surface area contributed by atoms with Gasteiger partial charge in [0.1, 0.15) is 11.4 Å². The summed E-state index contributed by atoms with van der Waals surface area (Å²) >= 11 is 0. The number of hydrogen-bond acceptors (Lipinski definition) is 7. The molecule has 2 unspecified atom stereocenters. The van der Waals surface area contributed by atoms with Gasteiger partial charge < -0.3 is 30.1 Å². The summed E-state index contributed by atoms with van der Waals surface area (Å²) in [6.07, 6.45) is 13.8. The summed E-state index contributed by atoms with van der Waals surface area (Å²) in [7, 11) is 2.14. The lowest BCUT2D eigenvalue weighted by Crippen LogP contribution is -2.62. The van der Waals surface area contributed by atoms with Crippen molar-refractivity contribution >= 4 is 17.4 Å². The molecular formula is C55H77NO7. The molecule has 8 aliphatic carbocycles. The maximum Gasteiger partial charge on any atom is 0.303 e. The third-order valence-electron chi connectivity index (χ3n) is 20.4. The number of rotatable bonds is 10. The maximum atomic E-state index is 12.6. The number of carboxylic acid groups (broad SMARTS) is 1. The number of benzene rings is 1. The highest BCUT2D eigenvalue weighted by molar-refractivity contribution is 5.84.